The molecule has 9 heteroatoms. The molecule has 27 heavy (non-hydrogen) atoms. The first-order valence-corrected chi connectivity index (χ1v) is 9.57. The van der Waals surface area contributed by atoms with Crippen LogP contribution >= 0.6 is 24.8 Å². The summed E-state index contributed by atoms with van der Waals surface area (Å²) in [6, 6.07) is 0.419. The molecule has 1 saturated heterocycles. The summed E-state index contributed by atoms with van der Waals surface area (Å²) in [7, 11) is 3.60. The molecule has 2 rings (SSSR count). The molecule has 0 radical (unpaired) electrons. The van der Waals surface area contributed by atoms with E-state index in [2.05, 4.69) is 10.2 Å². The lowest BCUT2D eigenvalue weighted by atomic mass is 9.94. The van der Waals surface area contributed by atoms with Crippen LogP contribution in [0.4, 0.5) is 0 Å². The molecule has 0 unspecified atom stereocenters. The summed E-state index contributed by atoms with van der Waals surface area (Å²) in [4.78, 5) is 30.7. The predicted octanol–water partition coefficient (Wildman–Crippen LogP) is 1.00. The third-order valence-electron chi connectivity index (χ3n) is 5.36. The topological polar surface area (TPSA) is 65.1 Å². The Labute approximate surface area is 176 Å². The van der Waals surface area contributed by atoms with E-state index < -0.39 is 0 Å². The van der Waals surface area contributed by atoms with Gasteiger partial charge in [0.25, 0.3) is 0 Å². The van der Waals surface area contributed by atoms with Gasteiger partial charge in [-0.3, -0.25) is 14.5 Å². The van der Waals surface area contributed by atoms with Crippen molar-refractivity contribution < 1.29 is 14.3 Å². The van der Waals surface area contributed by atoms with Crippen LogP contribution < -0.4 is 5.32 Å². The Bertz CT molecular complexity index is 429. The van der Waals surface area contributed by atoms with E-state index in [4.69, 9.17) is 4.74 Å². The molecular weight excluding hydrogens is 391 g/mol. The SMILES string of the molecule is COCCNCC(=O)N1CCN(CC(=O)N(C)C2CCCCC2)CC1.Cl.Cl. The maximum Gasteiger partial charge on any atom is 0.236 e. The van der Waals surface area contributed by atoms with Crippen LogP contribution in [-0.2, 0) is 14.3 Å². The number of carbonyl (C=O) groups excluding carboxylic acids is 2. The quantitative estimate of drug-likeness (QED) is 0.586. The molecule has 0 spiro atoms. The molecule has 1 heterocycles. The lowest BCUT2D eigenvalue weighted by Crippen LogP contribution is -2.53. The number of rotatable bonds is 8. The first kappa shape index (κ1) is 26.4. The molecule has 1 aliphatic heterocycles. The van der Waals surface area contributed by atoms with E-state index in [-0.39, 0.29) is 36.6 Å². The van der Waals surface area contributed by atoms with Gasteiger partial charge in [0.2, 0.25) is 11.8 Å². The number of nitrogens with one attached hydrogen (secondary N) is 1. The number of halogens is 2. The van der Waals surface area contributed by atoms with Crippen molar-refractivity contribution in [1.29, 1.82) is 0 Å². The average molecular weight is 427 g/mol. The van der Waals surface area contributed by atoms with Crippen molar-refractivity contribution in [3.05, 3.63) is 0 Å². The van der Waals surface area contributed by atoms with E-state index in [1.165, 1.54) is 19.3 Å². The third-order valence-corrected chi connectivity index (χ3v) is 5.36. The average Bonchev–Trinajstić information content (AvgIpc) is 2.65. The largest absolute Gasteiger partial charge is 0.383 e. The van der Waals surface area contributed by atoms with Crippen LogP contribution in [0.15, 0.2) is 0 Å². The summed E-state index contributed by atoms with van der Waals surface area (Å²) in [6.45, 7) is 5.06. The Balaban J connectivity index is 0.00000338. The van der Waals surface area contributed by atoms with Crippen LogP contribution in [0.25, 0.3) is 0 Å². The summed E-state index contributed by atoms with van der Waals surface area (Å²) in [5.41, 5.74) is 0. The van der Waals surface area contributed by atoms with Crippen molar-refractivity contribution in [2.75, 3.05) is 66.6 Å². The molecule has 2 fully saturated rings. The van der Waals surface area contributed by atoms with Gasteiger partial charge in [-0.15, -0.1) is 24.8 Å². The fourth-order valence-electron chi connectivity index (χ4n) is 3.61. The highest BCUT2D eigenvalue weighted by Gasteiger charge is 2.26. The Kier molecular flexibility index (Phi) is 14.1. The van der Waals surface area contributed by atoms with Crippen LogP contribution in [0.1, 0.15) is 32.1 Å². The van der Waals surface area contributed by atoms with Crippen molar-refractivity contribution in [2.24, 2.45) is 0 Å². The van der Waals surface area contributed by atoms with Crippen molar-refractivity contribution in [2.45, 2.75) is 38.1 Å². The normalized spacial score (nSPS) is 18.4. The molecule has 1 N–H and O–H groups in total. The zero-order valence-corrected chi connectivity index (χ0v) is 18.3. The summed E-state index contributed by atoms with van der Waals surface area (Å²) in [5.74, 6) is 0.342. The minimum absolute atomic E-state index is 0. The molecule has 0 bridgehead atoms. The van der Waals surface area contributed by atoms with E-state index in [1.54, 1.807) is 7.11 Å². The number of nitrogens with zero attached hydrogens (tertiary/aromatic N) is 3. The van der Waals surface area contributed by atoms with Gasteiger partial charge in [0.15, 0.2) is 0 Å². The maximum atomic E-state index is 12.5. The van der Waals surface area contributed by atoms with Crippen molar-refractivity contribution in [1.82, 2.24) is 20.0 Å². The van der Waals surface area contributed by atoms with Gasteiger partial charge in [-0.05, 0) is 12.8 Å². The summed E-state index contributed by atoms with van der Waals surface area (Å²) in [5, 5.41) is 3.09. The number of ether oxygens (including phenoxy) is 1. The molecule has 1 saturated carbocycles. The van der Waals surface area contributed by atoms with Gasteiger partial charge in [0.1, 0.15) is 0 Å². The number of amides is 2. The Hall–Kier alpha value is -0.600. The molecule has 7 nitrogen and oxygen atoms in total. The Morgan fingerprint density at radius 3 is 2.30 bits per heavy atom. The fraction of sp³-hybridized carbons (Fsp3) is 0.889. The molecule has 0 aromatic carbocycles. The molecular formula is C18H36Cl2N4O3. The maximum absolute atomic E-state index is 12.5. The van der Waals surface area contributed by atoms with Crippen molar-refractivity contribution >= 4 is 36.6 Å². The zero-order chi connectivity index (χ0) is 18.1. The van der Waals surface area contributed by atoms with E-state index in [0.717, 1.165) is 25.9 Å². The van der Waals surface area contributed by atoms with Crippen LogP contribution in [0.2, 0.25) is 0 Å². The van der Waals surface area contributed by atoms with E-state index in [1.807, 2.05) is 16.8 Å². The second-order valence-corrected chi connectivity index (χ2v) is 7.12. The standard InChI is InChI=1S/C18H34N4O3.2ClH/c1-20(16-6-4-3-5-7-16)18(24)15-21-9-11-22(12-10-21)17(23)14-19-8-13-25-2;;/h16,19H,3-15H2,1-2H3;2*1H. The number of methoxy groups -OCH3 is 1. The predicted molar refractivity (Wildman–Crippen MR) is 112 cm³/mol. The molecule has 2 aliphatic rings. The number of piperazine rings is 1. The number of likely N-dealkylation sites (N-methyl/N-ethyl adjacent to an activating group) is 1. The third kappa shape index (κ3) is 8.96. The fourth-order valence-corrected chi connectivity index (χ4v) is 3.61. The highest BCUT2D eigenvalue weighted by molar-refractivity contribution is 5.85. The zero-order valence-electron chi connectivity index (χ0n) is 16.7. The summed E-state index contributed by atoms with van der Waals surface area (Å²) in [6.07, 6.45) is 6.05. The summed E-state index contributed by atoms with van der Waals surface area (Å²) >= 11 is 0. The van der Waals surface area contributed by atoms with E-state index >= 15 is 0 Å². The van der Waals surface area contributed by atoms with Gasteiger partial charge < -0.3 is 19.9 Å². The second-order valence-electron chi connectivity index (χ2n) is 7.12. The number of hydrogen-bond acceptors (Lipinski definition) is 5. The van der Waals surface area contributed by atoms with Crippen molar-refractivity contribution in [3.8, 4) is 0 Å². The van der Waals surface area contributed by atoms with Crippen LogP contribution in [0, 0.1) is 0 Å². The number of carbonyl (C=O) groups is 2. The molecule has 0 aromatic heterocycles. The van der Waals surface area contributed by atoms with Gasteiger partial charge in [0, 0.05) is 52.9 Å². The van der Waals surface area contributed by atoms with Crippen LogP contribution in [0.3, 0.4) is 0 Å². The van der Waals surface area contributed by atoms with Gasteiger partial charge in [-0.2, -0.15) is 0 Å². The lowest BCUT2D eigenvalue weighted by Gasteiger charge is -2.37. The highest BCUT2D eigenvalue weighted by Crippen LogP contribution is 2.21. The van der Waals surface area contributed by atoms with Gasteiger partial charge in [0.05, 0.1) is 19.7 Å². The number of hydrogen-bond donors (Lipinski definition) is 1. The first-order chi connectivity index (χ1) is 12.1. The van der Waals surface area contributed by atoms with Crippen molar-refractivity contribution in [3.63, 3.8) is 0 Å². The van der Waals surface area contributed by atoms with Crippen LogP contribution in [-0.4, -0.2) is 99.1 Å². The van der Waals surface area contributed by atoms with E-state index in [9.17, 15) is 9.59 Å². The van der Waals surface area contributed by atoms with Crippen LogP contribution in [0.5, 0.6) is 0 Å². The Morgan fingerprint density at radius 2 is 1.70 bits per heavy atom. The minimum Gasteiger partial charge on any atom is -0.383 e. The van der Waals surface area contributed by atoms with Gasteiger partial charge in [-0.25, -0.2) is 0 Å². The smallest absolute Gasteiger partial charge is 0.236 e. The minimum atomic E-state index is 0. The summed E-state index contributed by atoms with van der Waals surface area (Å²) < 4.78 is 4.95. The molecule has 0 aromatic rings. The molecule has 0 atom stereocenters. The lowest BCUT2D eigenvalue weighted by molar-refractivity contribution is -0.135. The second kappa shape index (κ2) is 14.4. The van der Waals surface area contributed by atoms with E-state index in [0.29, 0.717) is 45.4 Å². The Morgan fingerprint density at radius 1 is 1.07 bits per heavy atom. The molecule has 160 valence electrons. The monoisotopic (exact) mass is 426 g/mol. The highest BCUT2D eigenvalue weighted by atomic mass is 35.5. The molecule has 2 amide bonds. The van der Waals surface area contributed by atoms with Gasteiger partial charge in [-0.1, -0.05) is 19.3 Å². The molecule has 1 aliphatic carbocycles. The first-order valence-electron chi connectivity index (χ1n) is 9.57. The van der Waals surface area contributed by atoms with Gasteiger partial charge >= 0.3 is 0 Å².